The van der Waals surface area contributed by atoms with Crippen molar-refractivity contribution in [2.24, 2.45) is 0 Å². The zero-order valence-electron chi connectivity index (χ0n) is 15.8. The van der Waals surface area contributed by atoms with Crippen LogP contribution >= 0.6 is 0 Å². The van der Waals surface area contributed by atoms with Crippen LogP contribution < -0.4 is 19.7 Å². The van der Waals surface area contributed by atoms with Crippen molar-refractivity contribution in [3.63, 3.8) is 0 Å². The molecule has 0 atom stereocenters. The summed E-state index contributed by atoms with van der Waals surface area (Å²) in [6, 6.07) is 11.2. The average molecular weight is 370 g/mol. The maximum Gasteiger partial charge on any atom is 0.128 e. The molecule has 0 aliphatic carbocycles. The lowest BCUT2D eigenvalue weighted by Gasteiger charge is -2.28. The molecule has 0 amide bonds. The first kappa shape index (κ1) is 20.3. The highest BCUT2D eigenvalue weighted by atomic mass is 16.5. The quantitative estimate of drug-likeness (QED) is 0.684. The van der Waals surface area contributed by atoms with Gasteiger partial charge in [-0.25, -0.2) is 0 Å². The Morgan fingerprint density at radius 1 is 0.815 bits per heavy atom. The fraction of sp³-hybridized carbons (Fsp3) is 0.333. The average Bonchev–Trinajstić information content (AvgIpc) is 2.59. The Hall–Kier alpha value is -3.02. The molecule has 27 heavy (non-hydrogen) atoms. The van der Waals surface area contributed by atoms with Crippen molar-refractivity contribution < 1.29 is 29.3 Å². The van der Waals surface area contributed by atoms with Gasteiger partial charge in [0, 0.05) is 5.41 Å². The highest BCUT2D eigenvalue weighted by Crippen LogP contribution is 2.35. The van der Waals surface area contributed by atoms with Crippen LogP contribution in [0, 0.1) is 13.8 Å². The molecule has 2 aromatic rings. The van der Waals surface area contributed by atoms with Gasteiger partial charge in [0.2, 0.25) is 0 Å². The first-order chi connectivity index (χ1) is 12.6. The zero-order valence-corrected chi connectivity index (χ0v) is 15.8. The van der Waals surface area contributed by atoms with E-state index in [-0.39, 0.29) is 5.41 Å². The molecule has 0 saturated carbocycles. The Kier molecular flexibility index (Phi) is 6.10. The molecule has 0 heterocycles. The van der Waals surface area contributed by atoms with Crippen molar-refractivity contribution in [2.45, 2.75) is 33.1 Å². The highest BCUT2D eigenvalue weighted by Gasteiger charge is 2.24. The van der Waals surface area contributed by atoms with E-state index in [0.717, 1.165) is 22.3 Å². The van der Waals surface area contributed by atoms with E-state index < -0.39 is 25.2 Å². The number of rotatable bonds is 8. The van der Waals surface area contributed by atoms with Crippen LogP contribution in [0.3, 0.4) is 0 Å². The fourth-order valence-corrected chi connectivity index (χ4v) is 2.84. The number of carboxylic acid groups (broad SMARTS) is 2. The molecule has 0 saturated heterocycles. The topological polar surface area (TPSA) is 98.7 Å². The first-order valence-electron chi connectivity index (χ1n) is 8.49. The number of hydrogen-bond donors (Lipinski definition) is 0. The summed E-state index contributed by atoms with van der Waals surface area (Å²) in [5, 5.41) is 21.1. The van der Waals surface area contributed by atoms with Crippen LogP contribution in [0.2, 0.25) is 0 Å². The minimum atomic E-state index is -1.27. The molecule has 2 aromatic carbocycles. The van der Waals surface area contributed by atoms with Crippen LogP contribution in [0.15, 0.2) is 36.4 Å². The SMILES string of the molecule is Cc1cc(C(C)(C)c2ccc(OCC(=O)[O-])c(C)c2)ccc1OCC(=O)[O-]. The van der Waals surface area contributed by atoms with Crippen LogP contribution in [0.5, 0.6) is 11.5 Å². The number of carboxylic acids is 2. The lowest BCUT2D eigenvalue weighted by Crippen LogP contribution is -2.29. The van der Waals surface area contributed by atoms with Crippen molar-refractivity contribution in [2.75, 3.05) is 13.2 Å². The van der Waals surface area contributed by atoms with Crippen LogP contribution in [-0.4, -0.2) is 25.2 Å². The molecule has 0 fully saturated rings. The second kappa shape index (κ2) is 8.12. The van der Waals surface area contributed by atoms with Gasteiger partial charge < -0.3 is 29.3 Å². The van der Waals surface area contributed by atoms with E-state index >= 15 is 0 Å². The molecule has 6 nitrogen and oxygen atoms in total. The van der Waals surface area contributed by atoms with Crippen LogP contribution in [-0.2, 0) is 15.0 Å². The molecule has 0 N–H and O–H groups in total. The van der Waals surface area contributed by atoms with Gasteiger partial charge in [-0.2, -0.15) is 0 Å². The summed E-state index contributed by atoms with van der Waals surface area (Å²) in [6.45, 7) is 6.87. The van der Waals surface area contributed by atoms with E-state index in [9.17, 15) is 19.8 Å². The van der Waals surface area contributed by atoms with Gasteiger partial charge in [-0.1, -0.05) is 38.1 Å². The lowest BCUT2D eigenvalue weighted by atomic mass is 9.77. The van der Waals surface area contributed by atoms with Crippen molar-refractivity contribution in [1.29, 1.82) is 0 Å². The summed E-state index contributed by atoms with van der Waals surface area (Å²) >= 11 is 0. The fourth-order valence-electron chi connectivity index (χ4n) is 2.84. The van der Waals surface area contributed by atoms with Gasteiger partial charge in [-0.15, -0.1) is 0 Å². The van der Waals surface area contributed by atoms with Gasteiger partial charge in [0.1, 0.15) is 24.7 Å². The third-order valence-electron chi connectivity index (χ3n) is 4.48. The maximum absolute atomic E-state index is 10.6. The van der Waals surface area contributed by atoms with Gasteiger partial charge in [0.05, 0.1) is 11.9 Å². The Morgan fingerprint density at radius 3 is 1.48 bits per heavy atom. The highest BCUT2D eigenvalue weighted by molar-refractivity contribution is 5.66. The summed E-state index contributed by atoms with van der Waals surface area (Å²) in [6.07, 6.45) is 0. The Bertz CT molecular complexity index is 784. The summed E-state index contributed by atoms with van der Waals surface area (Å²) in [4.78, 5) is 21.1. The monoisotopic (exact) mass is 370 g/mol. The summed E-state index contributed by atoms with van der Waals surface area (Å²) < 4.78 is 10.4. The van der Waals surface area contributed by atoms with E-state index in [0.29, 0.717) is 11.5 Å². The van der Waals surface area contributed by atoms with Crippen LogP contribution in [0.1, 0.15) is 36.1 Å². The van der Waals surface area contributed by atoms with Gasteiger partial charge in [0.15, 0.2) is 0 Å². The minimum absolute atomic E-state index is 0.338. The number of hydrogen-bond acceptors (Lipinski definition) is 6. The Morgan fingerprint density at radius 2 is 1.19 bits per heavy atom. The maximum atomic E-state index is 10.6. The van der Waals surface area contributed by atoms with Gasteiger partial charge in [-0.05, 0) is 48.2 Å². The molecular formula is C21H22O6-2. The largest absolute Gasteiger partial charge is 0.546 e. The smallest absolute Gasteiger partial charge is 0.128 e. The Labute approximate surface area is 158 Å². The van der Waals surface area contributed by atoms with Crippen molar-refractivity contribution in [3.05, 3.63) is 58.7 Å². The predicted octanol–water partition coefficient (Wildman–Crippen LogP) is 0.887. The first-order valence-corrected chi connectivity index (χ1v) is 8.49. The van der Waals surface area contributed by atoms with Crippen LogP contribution in [0.25, 0.3) is 0 Å². The Balaban J connectivity index is 2.27. The third-order valence-corrected chi connectivity index (χ3v) is 4.48. The summed E-state index contributed by atoms with van der Waals surface area (Å²) in [7, 11) is 0. The lowest BCUT2D eigenvalue weighted by molar-refractivity contribution is -0.308. The van der Waals surface area contributed by atoms with E-state index in [4.69, 9.17) is 9.47 Å². The molecular weight excluding hydrogens is 348 g/mol. The molecule has 2 rings (SSSR count). The molecule has 0 radical (unpaired) electrons. The van der Waals surface area contributed by atoms with Crippen LogP contribution in [0.4, 0.5) is 0 Å². The number of benzene rings is 2. The van der Waals surface area contributed by atoms with E-state index in [1.54, 1.807) is 12.1 Å². The second-order valence-corrected chi connectivity index (χ2v) is 6.91. The standard InChI is InChI=1S/C21H24O6/c1-13-9-15(5-7-17(13)26-11-19(22)23)21(3,4)16-6-8-18(14(2)10-16)27-12-20(24)25/h5-10H,11-12H2,1-4H3,(H,22,23)(H,24,25)/p-2. The van der Waals surface area contributed by atoms with E-state index in [1.807, 2.05) is 38.1 Å². The van der Waals surface area contributed by atoms with Crippen molar-refractivity contribution >= 4 is 11.9 Å². The number of ether oxygens (including phenoxy) is 2. The van der Waals surface area contributed by atoms with Crippen molar-refractivity contribution in [1.82, 2.24) is 0 Å². The normalized spacial score (nSPS) is 11.1. The molecule has 144 valence electrons. The molecule has 0 aliphatic rings. The number of carbonyl (C=O) groups excluding carboxylic acids is 2. The number of aryl methyl sites for hydroxylation is 2. The summed E-state index contributed by atoms with van der Waals surface area (Å²) in [5.74, 6) is -1.53. The third kappa shape index (κ3) is 5.00. The van der Waals surface area contributed by atoms with Gasteiger partial charge >= 0.3 is 0 Å². The van der Waals surface area contributed by atoms with E-state index in [1.165, 1.54) is 0 Å². The number of aliphatic carboxylic acids is 2. The summed E-state index contributed by atoms with van der Waals surface area (Å²) in [5.41, 5.74) is 3.38. The predicted molar refractivity (Wildman–Crippen MR) is 95.5 cm³/mol. The second-order valence-electron chi connectivity index (χ2n) is 6.91. The molecule has 0 aromatic heterocycles. The molecule has 0 unspecified atom stereocenters. The molecule has 0 bridgehead atoms. The zero-order chi connectivity index (χ0) is 20.2. The molecule has 0 spiro atoms. The molecule has 0 aliphatic heterocycles. The minimum Gasteiger partial charge on any atom is -0.546 e. The van der Waals surface area contributed by atoms with Crippen molar-refractivity contribution in [3.8, 4) is 11.5 Å². The van der Waals surface area contributed by atoms with Gasteiger partial charge in [-0.3, -0.25) is 0 Å². The molecule has 6 heteroatoms. The van der Waals surface area contributed by atoms with E-state index in [2.05, 4.69) is 13.8 Å². The van der Waals surface area contributed by atoms with Gasteiger partial charge in [0.25, 0.3) is 0 Å². The number of carbonyl (C=O) groups is 2.